The van der Waals surface area contributed by atoms with Crippen LogP contribution in [0, 0.1) is 25.2 Å². The molecule has 2 aromatic rings. The molecule has 2 N–H and O–H groups in total. The minimum Gasteiger partial charge on any atom is -0.374 e. The van der Waals surface area contributed by atoms with Gasteiger partial charge in [-0.3, -0.25) is 20.0 Å². The molecule has 9 heteroatoms. The first kappa shape index (κ1) is 24.9. The van der Waals surface area contributed by atoms with Crippen LogP contribution in [0.1, 0.15) is 50.2 Å². The Balaban J connectivity index is 1.49. The third-order valence-corrected chi connectivity index (χ3v) is 7.01. The Morgan fingerprint density at radius 1 is 1.17 bits per heavy atom. The number of nitrogens with one attached hydrogen (secondary N) is 2. The fourth-order valence-electron chi connectivity index (χ4n) is 5.17. The second-order valence-corrected chi connectivity index (χ2v) is 9.82. The summed E-state index contributed by atoms with van der Waals surface area (Å²) in [7, 11) is 0. The van der Waals surface area contributed by atoms with Crippen molar-refractivity contribution in [1.29, 1.82) is 5.41 Å². The van der Waals surface area contributed by atoms with E-state index in [0.29, 0.717) is 39.9 Å². The van der Waals surface area contributed by atoms with Gasteiger partial charge in [0.25, 0.3) is 0 Å². The molecule has 2 aromatic heterocycles. The number of pyridine rings is 1. The maximum absolute atomic E-state index is 13.2. The molecule has 0 spiro atoms. The lowest BCUT2D eigenvalue weighted by Crippen LogP contribution is -2.39. The standard InChI is InChI=1S/C26H35N7O2/c1-16-9-20(14-32-7-5-6-8-32)15-33(16)24(35)13-30-26-17(2)31-23(10-22(26)25(27)18(3)34)21-11-28-19(4)29-12-21/h10-12,16,20,27,30H,5-9,13-15H2,1-4H3. The molecule has 9 nitrogen and oxygen atoms in total. The van der Waals surface area contributed by atoms with E-state index in [4.69, 9.17) is 5.41 Å². The monoisotopic (exact) mass is 477 g/mol. The summed E-state index contributed by atoms with van der Waals surface area (Å²) in [6.45, 7) is 11.4. The van der Waals surface area contributed by atoms with Crippen LogP contribution in [0.15, 0.2) is 18.5 Å². The van der Waals surface area contributed by atoms with E-state index in [2.05, 4.69) is 32.1 Å². The Kier molecular flexibility index (Phi) is 7.54. The van der Waals surface area contributed by atoms with Gasteiger partial charge in [0.2, 0.25) is 5.91 Å². The molecule has 2 aliphatic rings. The molecular weight excluding hydrogens is 442 g/mol. The zero-order valence-corrected chi connectivity index (χ0v) is 21.1. The van der Waals surface area contributed by atoms with Crippen LogP contribution < -0.4 is 5.32 Å². The van der Waals surface area contributed by atoms with Gasteiger partial charge in [0.05, 0.1) is 23.6 Å². The highest BCUT2D eigenvalue weighted by Crippen LogP contribution is 2.28. The predicted octanol–water partition coefficient (Wildman–Crippen LogP) is 2.86. The van der Waals surface area contributed by atoms with E-state index in [1.807, 2.05) is 11.8 Å². The van der Waals surface area contributed by atoms with E-state index in [1.54, 1.807) is 25.4 Å². The molecule has 186 valence electrons. The quantitative estimate of drug-likeness (QED) is 0.562. The van der Waals surface area contributed by atoms with Crippen molar-refractivity contribution in [2.75, 3.05) is 38.0 Å². The third kappa shape index (κ3) is 5.73. The predicted molar refractivity (Wildman–Crippen MR) is 136 cm³/mol. The highest BCUT2D eigenvalue weighted by atomic mass is 16.2. The zero-order valence-electron chi connectivity index (χ0n) is 21.1. The summed E-state index contributed by atoms with van der Waals surface area (Å²) in [5.74, 6) is 0.830. The van der Waals surface area contributed by atoms with Gasteiger partial charge in [-0.25, -0.2) is 9.97 Å². The van der Waals surface area contributed by atoms with Gasteiger partial charge in [0.15, 0.2) is 5.78 Å². The number of nitrogens with zero attached hydrogens (tertiary/aromatic N) is 5. The highest BCUT2D eigenvalue weighted by molar-refractivity contribution is 6.45. The number of ketones is 1. The van der Waals surface area contributed by atoms with Gasteiger partial charge in [-0.2, -0.15) is 0 Å². The summed E-state index contributed by atoms with van der Waals surface area (Å²) in [6, 6.07) is 1.90. The van der Waals surface area contributed by atoms with E-state index in [9.17, 15) is 9.59 Å². The molecule has 2 fully saturated rings. The largest absolute Gasteiger partial charge is 0.374 e. The highest BCUT2D eigenvalue weighted by Gasteiger charge is 2.33. The molecule has 2 aliphatic heterocycles. The lowest BCUT2D eigenvalue weighted by Gasteiger charge is -2.23. The fourth-order valence-corrected chi connectivity index (χ4v) is 5.17. The fraction of sp³-hybridized carbons (Fsp3) is 0.538. The van der Waals surface area contributed by atoms with Gasteiger partial charge < -0.3 is 15.1 Å². The van der Waals surface area contributed by atoms with Crippen LogP contribution in [0.5, 0.6) is 0 Å². The van der Waals surface area contributed by atoms with Gasteiger partial charge in [-0.05, 0) is 65.1 Å². The molecule has 0 bridgehead atoms. The summed E-state index contributed by atoms with van der Waals surface area (Å²) in [5.41, 5.74) is 2.73. The molecule has 0 saturated carbocycles. The molecule has 0 aromatic carbocycles. The molecule has 35 heavy (non-hydrogen) atoms. The number of rotatable bonds is 8. The van der Waals surface area contributed by atoms with Crippen LogP contribution in [-0.2, 0) is 9.59 Å². The molecule has 2 atom stereocenters. The summed E-state index contributed by atoms with van der Waals surface area (Å²) in [4.78, 5) is 42.8. The number of carbonyl (C=O) groups is 2. The van der Waals surface area contributed by atoms with Gasteiger partial charge in [-0.1, -0.05) is 0 Å². The number of amides is 1. The average molecular weight is 478 g/mol. The van der Waals surface area contributed by atoms with Gasteiger partial charge in [0.1, 0.15) is 11.5 Å². The van der Waals surface area contributed by atoms with E-state index in [0.717, 1.165) is 19.5 Å². The van der Waals surface area contributed by atoms with Crippen molar-refractivity contribution in [2.24, 2.45) is 5.92 Å². The lowest BCUT2D eigenvalue weighted by molar-refractivity contribution is -0.129. The van der Waals surface area contributed by atoms with Gasteiger partial charge in [0, 0.05) is 49.6 Å². The van der Waals surface area contributed by atoms with Crippen LogP contribution in [0.2, 0.25) is 0 Å². The van der Waals surface area contributed by atoms with Crippen molar-refractivity contribution in [3.63, 3.8) is 0 Å². The van der Waals surface area contributed by atoms with Crippen LogP contribution in [0.3, 0.4) is 0 Å². The minimum absolute atomic E-state index is 0.0251. The number of aromatic nitrogens is 3. The van der Waals surface area contributed by atoms with Crippen LogP contribution >= 0.6 is 0 Å². The molecule has 1 amide bonds. The Bertz CT molecular complexity index is 1110. The van der Waals surface area contributed by atoms with Crippen molar-refractivity contribution in [2.45, 2.75) is 53.0 Å². The summed E-state index contributed by atoms with van der Waals surface area (Å²) in [6.07, 6.45) is 6.92. The van der Waals surface area contributed by atoms with Crippen molar-refractivity contribution in [3.05, 3.63) is 35.5 Å². The van der Waals surface area contributed by atoms with E-state index in [-0.39, 0.29) is 30.0 Å². The summed E-state index contributed by atoms with van der Waals surface area (Å²) in [5, 5.41) is 11.6. The second kappa shape index (κ2) is 10.6. The minimum atomic E-state index is -0.353. The van der Waals surface area contributed by atoms with Crippen molar-refractivity contribution in [3.8, 4) is 11.3 Å². The first-order valence-electron chi connectivity index (χ1n) is 12.4. The number of carbonyl (C=O) groups excluding carboxylic acids is 2. The van der Waals surface area contributed by atoms with Gasteiger partial charge >= 0.3 is 0 Å². The van der Waals surface area contributed by atoms with Crippen molar-refractivity contribution in [1.82, 2.24) is 24.8 Å². The van der Waals surface area contributed by atoms with Crippen molar-refractivity contribution < 1.29 is 9.59 Å². The first-order valence-corrected chi connectivity index (χ1v) is 12.4. The lowest BCUT2D eigenvalue weighted by atomic mass is 10.0. The second-order valence-electron chi connectivity index (χ2n) is 9.82. The van der Waals surface area contributed by atoms with E-state index in [1.165, 1.54) is 32.9 Å². The topological polar surface area (TPSA) is 115 Å². The van der Waals surface area contributed by atoms with E-state index >= 15 is 0 Å². The third-order valence-electron chi connectivity index (χ3n) is 7.01. The summed E-state index contributed by atoms with van der Waals surface area (Å²) >= 11 is 0. The first-order chi connectivity index (χ1) is 16.7. The number of hydrogen-bond donors (Lipinski definition) is 2. The Morgan fingerprint density at radius 3 is 2.51 bits per heavy atom. The molecule has 2 unspecified atom stereocenters. The maximum Gasteiger partial charge on any atom is 0.242 e. The number of hydrogen-bond acceptors (Lipinski definition) is 8. The molecule has 0 aliphatic carbocycles. The average Bonchev–Trinajstić information content (AvgIpc) is 3.47. The number of aryl methyl sites for hydroxylation is 2. The molecular formula is C26H35N7O2. The summed E-state index contributed by atoms with van der Waals surface area (Å²) < 4.78 is 0. The van der Waals surface area contributed by atoms with Crippen LogP contribution in [0.25, 0.3) is 11.3 Å². The normalized spacial score (nSPS) is 20.3. The molecule has 4 heterocycles. The van der Waals surface area contributed by atoms with Crippen LogP contribution in [-0.4, -0.2) is 80.9 Å². The number of anilines is 1. The molecule has 2 saturated heterocycles. The SMILES string of the molecule is CC(=O)C(=N)c1cc(-c2cnc(C)nc2)nc(C)c1NCC(=O)N1CC(CN2CCCC2)CC1C. The van der Waals surface area contributed by atoms with Gasteiger partial charge in [-0.15, -0.1) is 0 Å². The van der Waals surface area contributed by atoms with Crippen LogP contribution in [0.4, 0.5) is 5.69 Å². The zero-order chi connectivity index (χ0) is 25.1. The van der Waals surface area contributed by atoms with E-state index < -0.39 is 0 Å². The number of likely N-dealkylation sites (tertiary alicyclic amines) is 2. The Labute approximate surface area is 206 Å². The maximum atomic E-state index is 13.2. The van der Waals surface area contributed by atoms with Crippen molar-refractivity contribution >= 4 is 23.1 Å². The molecule has 4 rings (SSSR count). The number of Topliss-reactive ketones (excluding diaryl/α,β-unsaturated/α-hetero) is 1. The smallest absolute Gasteiger partial charge is 0.242 e. The molecule has 0 radical (unpaired) electrons. The Hall–Kier alpha value is -3.20. The Morgan fingerprint density at radius 2 is 1.86 bits per heavy atom.